The Morgan fingerprint density at radius 3 is 2.53 bits per heavy atom. The number of amides is 1. The summed E-state index contributed by atoms with van der Waals surface area (Å²) in [6.07, 6.45) is 0. The van der Waals surface area contributed by atoms with Gasteiger partial charge in [-0.1, -0.05) is 6.07 Å². The molecule has 0 heterocycles. The minimum atomic E-state index is -4.00. The van der Waals surface area contributed by atoms with Gasteiger partial charge in [0.1, 0.15) is 10.7 Å². The molecule has 1 aromatic carbocycles. The SMILES string of the molecule is CC(C)(CNS(=O)(=O)c1cccc(F)c1N)C(N)=O. The number of sulfonamides is 1. The monoisotopic (exact) mass is 289 g/mol. The quantitative estimate of drug-likeness (QED) is 0.671. The zero-order valence-corrected chi connectivity index (χ0v) is 11.4. The minimum absolute atomic E-state index is 0.208. The average molecular weight is 289 g/mol. The van der Waals surface area contributed by atoms with E-state index in [4.69, 9.17) is 11.5 Å². The molecule has 0 saturated heterocycles. The highest BCUT2D eigenvalue weighted by Crippen LogP contribution is 2.22. The summed E-state index contributed by atoms with van der Waals surface area (Å²) in [5.41, 5.74) is 8.99. The normalized spacial score (nSPS) is 12.4. The smallest absolute Gasteiger partial charge is 0.242 e. The fourth-order valence-electron chi connectivity index (χ4n) is 1.19. The van der Waals surface area contributed by atoms with Gasteiger partial charge < -0.3 is 11.5 Å². The molecule has 8 heteroatoms. The number of anilines is 1. The lowest BCUT2D eigenvalue weighted by Gasteiger charge is -2.21. The molecule has 0 bridgehead atoms. The van der Waals surface area contributed by atoms with Gasteiger partial charge in [0.2, 0.25) is 15.9 Å². The van der Waals surface area contributed by atoms with E-state index in [2.05, 4.69) is 4.72 Å². The summed E-state index contributed by atoms with van der Waals surface area (Å²) in [7, 11) is -4.00. The van der Waals surface area contributed by atoms with Crippen LogP contribution in [0.25, 0.3) is 0 Å². The highest BCUT2D eigenvalue weighted by molar-refractivity contribution is 7.89. The Balaban J connectivity index is 3.01. The molecule has 0 aliphatic carbocycles. The fourth-order valence-corrected chi connectivity index (χ4v) is 2.54. The third kappa shape index (κ3) is 3.42. The Labute approximate surface area is 111 Å². The zero-order chi connectivity index (χ0) is 14.8. The number of nitrogen functional groups attached to an aromatic ring is 1. The van der Waals surface area contributed by atoms with Crippen LogP contribution >= 0.6 is 0 Å². The van der Waals surface area contributed by atoms with Crippen LogP contribution in [0.4, 0.5) is 10.1 Å². The molecule has 0 aliphatic heterocycles. The second-order valence-electron chi connectivity index (χ2n) is 4.72. The van der Waals surface area contributed by atoms with Crippen LogP contribution in [0, 0.1) is 11.2 Å². The van der Waals surface area contributed by atoms with E-state index in [0.717, 1.165) is 6.07 Å². The van der Waals surface area contributed by atoms with Gasteiger partial charge in [0, 0.05) is 6.54 Å². The van der Waals surface area contributed by atoms with E-state index in [9.17, 15) is 17.6 Å². The van der Waals surface area contributed by atoms with Crippen LogP contribution in [0.1, 0.15) is 13.8 Å². The van der Waals surface area contributed by atoms with Crippen molar-refractivity contribution in [2.45, 2.75) is 18.7 Å². The molecule has 0 atom stereocenters. The summed E-state index contributed by atoms with van der Waals surface area (Å²) in [6, 6.07) is 3.47. The summed E-state index contributed by atoms with van der Waals surface area (Å²) in [5, 5.41) is 0. The van der Waals surface area contributed by atoms with Gasteiger partial charge in [0.25, 0.3) is 0 Å². The third-order valence-electron chi connectivity index (χ3n) is 2.67. The standard InChI is InChI=1S/C11H16FN3O3S/c1-11(2,10(14)16)6-15-19(17,18)8-5-3-4-7(12)9(8)13/h3-5,15H,6,13H2,1-2H3,(H2,14,16). The molecule has 6 nitrogen and oxygen atoms in total. The van der Waals surface area contributed by atoms with Crippen molar-refractivity contribution < 1.29 is 17.6 Å². The summed E-state index contributed by atoms with van der Waals surface area (Å²) in [5.74, 6) is -1.47. The van der Waals surface area contributed by atoms with Gasteiger partial charge in [-0.05, 0) is 26.0 Å². The number of hydrogen-bond acceptors (Lipinski definition) is 4. The molecule has 0 aliphatic rings. The lowest BCUT2D eigenvalue weighted by Crippen LogP contribution is -2.42. The second kappa shape index (κ2) is 5.14. The van der Waals surface area contributed by atoms with Crippen molar-refractivity contribution >= 4 is 21.6 Å². The molecule has 1 rings (SSSR count). The molecule has 0 radical (unpaired) electrons. The molecule has 0 spiro atoms. The van der Waals surface area contributed by atoms with Crippen molar-refractivity contribution in [2.24, 2.45) is 11.1 Å². The van der Waals surface area contributed by atoms with Crippen LogP contribution < -0.4 is 16.2 Å². The van der Waals surface area contributed by atoms with Crippen LogP contribution in [0.2, 0.25) is 0 Å². The molecule has 106 valence electrons. The number of nitrogens with two attached hydrogens (primary N) is 2. The number of carbonyl (C=O) groups excluding carboxylic acids is 1. The van der Waals surface area contributed by atoms with Crippen molar-refractivity contribution in [1.29, 1.82) is 0 Å². The fraction of sp³-hybridized carbons (Fsp3) is 0.364. The van der Waals surface area contributed by atoms with Crippen molar-refractivity contribution in [3.63, 3.8) is 0 Å². The van der Waals surface area contributed by atoms with Crippen molar-refractivity contribution in [1.82, 2.24) is 4.72 Å². The number of primary amides is 1. The number of carbonyl (C=O) groups is 1. The summed E-state index contributed by atoms with van der Waals surface area (Å²) in [6.45, 7) is 2.78. The first-order valence-electron chi connectivity index (χ1n) is 5.41. The van der Waals surface area contributed by atoms with E-state index >= 15 is 0 Å². The second-order valence-corrected chi connectivity index (χ2v) is 6.46. The first-order valence-corrected chi connectivity index (χ1v) is 6.90. The zero-order valence-electron chi connectivity index (χ0n) is 10.6. The molecule has 19 heavy (non-hydrogen) atoms. The van der Waals surface area contributed by atoms with E-state index in [1.807, 2.05) is 0 Å². The predicted molar refractivity (Wildman–Crippen MR) is 69.0 cm³/mol. The summed E-state index contributed by atoms with van der Waals surface area (Å²) < 4.78 is 39.3. The molecule has 0 unspecified atom stereocenters. The number of halogens is 1. The van der Waals surface area contributed by atoms with E-state index in [-0.39, 0.29) is 11.4 Å². The number of hydrogen-bond donors (Lipinski definition) is 3. The van der Waals surface area contributed by atoms with Crippen molar-refractivity contribution in [3.05, 3.63) is 24.0 Å². The molecule has 0 fully saturated rings. The Hall–Kier alpha value is -1.67. The number of rotatable bonds is 5. The molecule has 0 aromatic heterocycles. The molecular formula is C11H16FN3O3S. The van der Waals surface area contributed by atoms with Gasteiger partial charge in [0.15, 0.2) is 0 Å². The Morgan fingerprint density at radius 2 is 2.00 bits per heavy atom. The highest BCUT2D eigenvalue weighted by Gasteiger charge is 2.28. The molecule has 1 aromatic rings. The van der Waals surface area contributed by atoms with Gasteiger partial charge in [0.05, 0.1) is 11.1 Å². The van der Waals surface area contributed by atoms with Gasteiger partial charge in [-0.25, -0.2) is 17.5 Å². The van der Waals surface area contributed by atoms with E-state index < -0.39 is 32.9 Å². The Morgan fingerprint density at radius 1 is 1.42 bits per heavy atom. The molecular weight excluding hydrogens is 273 g/mol. The maximum atomic E-state index is 13.2. The molecule has 0 saturated carbocycles. The third-order valence-corrected chi connectivity index (χ3v) is 4.13. The number of nitrogens with one attached hydrogen (secondary N) is 1. The van der Waals surface area contributed by atoms with Crippen molar-refractivity contribution in [3.8, 4) is 0 Å². The molecule has 5 N–H and O–H groups in total. The Bertz CT molecular complexity index is 599. The summed E-state index contributed by atoms with van der Waals surface area (Å²) >= 11 is 0. The summed E-state index contributed by atoms with van der Waals surface area (Å²) in [4.78, 5) is 10.7. The Kier molecular flexibility index (Phi) is 4.16. The predicted octanol–water partition coefficient (Wildman–Crippen LogP) is 0.198. The lowest BCUT2D eigenvalue weighted by molar-refractivity contribution is -0.125. The maximum absolute atomic E-state index is 13.2. The van der Waals surface area contributed by atoms with Gasteiger partial charge in [-0.3, -0.25) is 4.79 Å². The van der Waals surface area contributed by atoms with Crippen LogP contribution in [0.3, 0.4) is 0 Å². The van der Waals surface area contributed by atoms with Gasteiger partial charge in [-0.2, -0.15) is 0 Å². The number of benzene rings is 1. The van der Waals surface area contributed by atoms with Crippen LogP contribution in [0.15, 0.2) is 23.1 Å². The van der Waals surface area contributed by atoms with E-state index in [1.54, 1.807) is 0 Å². The number of para-hydroxylation sites is 1. The maximum Gasteiger partial charge on any atom is 0.242 e. The first kappa shape index (κ1) is 15.4. The van der Waals surface area contributed by atoms with E-state index in [0.29, 0.717) is 0 Å². The van der Waals surface area contributed by atoms with Crippen molar-refractivity contribution in [2.75, 3.05) is 12.3 Å². The van der Waals surface area contributed by atoms with Gasteiger partial charge in [-0.15, -0.1) is 0 Å². The lowest BCUT2D eigenvalue weighted by atomic mass is 9.93. The van der Waals surface area contributed by atoms with E-state index in [1.165, 1.54) is 26.0 Å². The van der Waals surface area contributed by atoms with Gasteiger partial charge >= 0.3 is 0 Å². The topological polar surface area (TPSA) is 115 Å². The highest BCUT2D eigenvalue weighted by atomic mass is 32.2. The van der Waals surface area contributed by atoms with Crippen LogP contribution in [0.5, 0.6) is 0 Å². The molecule has 1 amide bonds. The van der Waals surface area contributed by atoms with Crippen LogP contribution in [-0.2, 0) is 14.8 Å². The minimum Gasteiger partial charge on any atom is -0.395 e. The first-order chi connectivity index (χ1) is 8.58. The largest absolute Gasteiger partial charge is 0.395 e. The average Bonchev–Trinajstić information content (AvgIpc) is 2.30. The van der Waals surface area contributed by atoms with Crippen LogP contribution in [-0.4, -0.2) is 20.9 Å².